The maximum absolute atomic E-state index is 5.08. The molecule has 1 aliphatic rings. The van der Waals surface area contributed by atoms with Gasteiger partial charge in [0.25, 0.3) is 0 Å². The van der Waals surface area contributed by atoms with Crippen LogP contribution in [0.25, 0.3) is 0 Å². The summed E-state index contributed by atoms with van der Waals surface area (Å²) in [4.78, 5) is 0. The molecule has 0 spiro atoms. The smallest absolute Gasteiger partial charge is 0.233 e. The molecule has 106 valence electrons. The largest absolute Gasteiger partial charge is 0.480 e. The zero-order valence-corrected chi connectivity index (χ0v) is 12.1. The Morgan fingerprint density at radius 2 is 1.95 bits per heavy atom. The highest BCUT2D eigenvalue weighted by Crippen LogP contribution is 2.32. The van der Waals surface area contributed by atoms with Crippen LogP contribution in [0.1, 0.15) is 57.2 Å². The molecule has 1 heterocycles. The molecule has 1 unspecified atom stereocenters. The van der Waals surface area contributed by atoms with Crippen molar-refractivity contribution >= 4 is 0 Å². The van der Waals surface area contributed by atoms with Crippen LogP contribution in [-0.2, 0) is 0 Å². The lowest BCUT2D eigenvalue weighted by molar-refractivity contribution is 0.320. The van der Waals surface area contributed by atoms with Crippen LogP contribution in [0.15, 0.2) is 12.1 Å². The monoisotopic (exact) mass is 263 g/mol. The number of rotatable bonds is 5. The summed E-state index contributed by atoms with van der Waals surface area (Å²) in [5.41, 5.74) is 1.05. The van der Waals surface area contributed by atoms with Crippen LogP contribution in [-0.4, -0.2) is 23.9 Å². The number of hydrogen-bond donors (Lipinski definition) is 1. The van der Waals surface area contributed by atoms with Gasteiger partial charge in [0.15, 0.2) is 0 Å². The van der Waals surface area contributed by atoms with Gasteiger partial charge < -0.3 is 10.1 Å². The highest BCUT2D eigenvalue weighted by Gasteiger charge is 2.24. The van der Waals surface area contributed by atoms with Crippen LogP contribution in [0, 0.1) is 5.92 Å². The molecule has 0 amide bonds. The average molecular weight is 263 g/mol. The summed E-state index contributed by atoms with van der Waals surface area (Å²) in [5.74, 6) is 1.27. The second-order valence-electron chi connectivity index (χ2n) is 5.29. The van der Waals surface area contributed by atoms with Gasteiger partial charge >= 0.3 is 0 Å². The number of aromatic nitrogens is 2. The molecule has 4 heteroatoms. The van der Waals surface area contributed by atoms with E-state index in [-0.39, 0.29) is 0 Å². The predicted octanol–water partition coefficient (Wildman–Crippen LogP) is 3.11. The Labute approximate surface area is 116 Å². The molecular formula is C15H25N3O. The fraction of sp³-hybridized carbons (Fsp3) is 0.733. The molecule has 4 nitrogen and oxygen atoms in total. The van der Waals surface area contributed by atoms with E-state index in [1.807, 2.05) is 12.1 Å². The Hall–Kier alpha value is -1.16. The van der Waals surface area contributed by atoms with Crippen molar-refractivity contribution in [3.05, 3.63) is 17.8 Å². The van der Waals surface area contributed by atoms with E-state index in [1.165, 1.54) is 38.5 Å². The summed E-state index contributed by atoms with van der Waals surface area (Å²) >= 11 is 0. The molecule has 19 heavy (non-hydrogen) atoms. The lowest BCUT2D eigenvalue weighted by Crippen LogP contribution is -2.29. The second kappa shape index (κ2) is 7.43. The zero-order valence-electron chi connectivity index (χ0n) is 12.1. The van der Waals surface area contributed by atoms with Gasteiger partial charge in [-0.2, -0.15) is 5.10 Å². The molecule has 0 saturated heterocycles. The number of nitrogens with one attached hydrogen (secondary N) is 1. The van der Waals surface area contributed by atoms with Crippen LogP contribution in [0.4, 0.5) is 0 Å². The maximum atomic E-state index is 5.08. The first kappa shape index (κ1) is 14.3. The van der Waals surface area contributed by atoms with Gasteiger partial charge in [-0.05, 0) is 31.4 Å². The first-order chi connectivity index (χ1) is 9.35. The maximum Gasteiger partial charge on any atom is 0.233 e. The summed E-state index contributed by atoms with van der Waals surface area (Å²) in [6, 6.07) is 4.29. The molecule has 1 N–H and O–H groups in total. The van der Waals surface area contributed by atoms with Gasteiger partial charge in [-0.25, -0.2) is 0 Å². The van der Waals surface area contributed by atoms with Crippen LogP contribution >= 0.6 is 0 Å². The minimum absolute atomic E-state index is 0.335. The minimum Gasteiger partial charge on any atom is -0.480 e. The van der Waals surface area contributed by atoms with Gasteiger partial charge in [-0.3, -0.25) is 0 Å². The van der Waals surface area contributed by atoms with E-state index in [0.717, 1.165) is 12.2 Å². The molecule has 1 aromatic rings. The van der Waals surface area contributed by atoms with Crippen LogP contribution < -0.4 is 10.1 Å². The van der Waals surface area contributed by atoms with E-state index >= 15 is 0 Å². The van der Waals surface area contributed by atoms with Crippen LogP contribution in [0.2, 0.25) is 0 Å². The van der Waals surface area contributed by atoms with Crippen LogP contribution in [0.3, 0.4) is 0 Å². The van der Waals surface area contributed by atoms with E-state index < -0.39 is 0 Å². The number of hydrogen-bond acceptors (Lipinski definition) is 4. The third-order valence-corrected chi connectivity index (χ3v) is 3.98. The lowest BCUT2D eigenvalue weighted by Gasteiger charge is -2.26. The molecule has 2 rings (SSSR count). The molecule has 1 atom stereocenters. The molecule has 1 fully saturated rings. The summed E-state index contributed by atoms with van der Waals surface area (Å²) in [7, 11) is 1.62. The van der Waals surface area contributed by atoms with Crippen molar-refractivity contribution in [1.29, 1.82) is 0 Å². The molecular weight excluding hydrogens is 238 g/mol. The quantitative estimate of drug-likeness (QED) is 0.829. The molecule has 1 aromatic heterocycles. The fourth-order valence-corrected chi connectivity index (χ4v) is 2.98. The third kappa shape index (κ3) is 3.90. The Morgan fingerprint density at radius 1 is 1.21 bits per heavy atom. The standard InChI is InChI=1S/C15H25N3O/c1-3-16-15(12-8-6-4-5-7-9-12)13-10-11-14(19-2)18-17-13/h10-12,15-16H,3-9H2,1-2H3. The number of ether oxygens (including phenoxy) is 1. The highest BCUT2D eigenvalue weighted by atomic mass is 16.5. The summed E-state index contributed by atoms with van der Waals surface area (Å²) in [5, 5.41) is 12.0. The van der Waals surface area contributed by atoms with E-state index in [4.69, 9.17) is 4.74 Å². The second-order valence-corrected chi connectivity index (χ2v) is 5.29. The van der Waals surface area contributed by atoms with Gasteiger partial charge in [0.2, 0.25) is 5.88 Å². The van der Waals surface area contributed by atoms with Crippen molar-refractivity contribution in [3.63, 3.8) is 0 Å². The number of nitrogens with zero attached hydrogens (tertiary/aromatic N) is 2. The minimum atomic E-state index is 0.335. The number of methoxy groups -OCH3 is 1. The van der Waals surface area contributed by atoms with Crippen molar-refractivity contribution in [2.24, 2.45) is 5.92 Å². The Balaban J connectivity index is 2.12. The van der Waals surface area contributed by atoms with Crippen molar-refractivity contribution in [1.82, 2.24) is 15.5 Å². The van der Waals surface area contributed by atoms with E-state index in [0.29, 0.717) is 17.8 Å². The molecule has 0 bridgehead atoms. The third-order valence-electron chi connectivity index (χ3n) is 3.98. The lowest BCUT2D eigenvalue weighted by atomic mass is 9.89. The van der Waals surface area contributed by atoms with E-state index in [9.17, 15) is 0 Å². The van der Waals surface area contributed by atoms with Gasteiger partial charge in [-0.15, -0.1) is 5.10 Å². The highest BCUT2D eigenvalue weighted by molar-refractivity contribution is 5.15. The van der Waals surface area contributed by atoms with Gasteiger partial charge in [0, 0.05) is 6.07 Å². The Kier molecular flexibility index (Phi) is 5.58. The molecule has 0 aromatic carbocycles. The predicted molar refractivity (Wildman–Crippen MR) is 76.2 cm³/mol. The summed E-state index contributed by atoms with van der Waals surface area (Å²) < 4.78 is 5.08. The van der Waals surface area contributed by atoms with Gasteiger partial charge in [0.1, 0.15) is 0 Å². The van der Waals surface area contributed by atoms with Crippen molar-refractivity contribution < 1.29 is 4.74 Å². The summed E-state index contributed by atoms with van der Waals surface area (Å²) in [6.07, 6.45) is 8.04. The van der Waals surface area contributed by atoms with Crippen molar-refractivity contribution in [2.45, 2.75) is 51.5 Å². The summed E-state index contributed by atoms with van der Waals surface area (Å²) in [6.45, 7) is 3.12. The first-order valence-corrected chi connectivity index (χ1v) is 7.46. The molecule has 0 aliphatic heterocycles. The Bertz CT molecular complexity index is 358. The van der Waals surface area contributed by atoms with Crippen molar-refractivity contribution in [2.75, 3.05) is 13.7 Å². The fourth-order valence-electron chi connectivity index (χ4n) is 2.98. The normalized spacial score (nSPS) is 18.8. The SMILES string of the molecule is CCNC(c1ccc(OC)nn1)C1CCCCCC1. The van der Waals surface area contributed by atoms with Gasteiger partial charge in [-0.1, -0.05) is 32.6 Å². The Morgan fingerprint density at radius 3 is 2.47 bits per heavy atom. The van der Waals surface area contributed by atoms with Gasteiger partial charge in [0.05, 0.1) is 18.8 Å². The van der Waals surface area contributed by atoms with E-state index in [2.05, 4.69) is 22.4 Å². The average Bonchev–Trinajstić information content (AvgIpc) is 2.74. The molecule has 1 aliphatic carbocycles. The molecule has 1 saturated carbocycles. The van der Waals surface area contributed by atoms with E-state index in [1.54, 1.807) is 7.11 Å². The molecule has 0 radical (unpaired) electrons. The zero-order chi connectivity index (χ0) is 13.5. The van der Waals surface area contributed by atoms with Crippen molar-refractivity contribution in [3.8, 4) is 5.88 Å². The van der Waals surface area contributed by atoms with Crippen LogP contribution in [0.5, 0.6) is 5.88 Å². The first-order valence-electron chi connectivity index (χ1n) is 7.46. The topological polar surface area (TPSA) is 47.0 Å².